The number of rotatable bonds is 8. The Kier molecular flexibility index (Phi) is 6.91. The number of carbonyl (C=O) groups excluding carboxylic acids is 1. The number of nitro benzene ring substituents is 1. The molecule has 0 aliphatic carbocycles. The molecule has 29 heavy (non-hydrogen) atoms. The molecule has 0 bridgehead atoms. The molecule has 0 aliphatic heterocycles. The van der Waals surface area contributed by atoms with Crippen molar-refractivity contribution in [2.75, 3.05) is 10.6 Å². The third kappa shape index (κ3) is 5.50. The van der Waals surface area contributed by atoms with Gasteiger partial charge in [-0.1, -0.05) is 25.1 Å². The number of hydrogen-bond donors (Lipinski definition) is 1. The second-order valence-corrected chi connectivity index (χ2v) is 8.41. The van der Waals surface area contributed by atoms with Gasteiger partial charge >= 0.3 is 0 Å². The quantitative estimate of drug-likeness (QED) is 0.519. The van der Waals surface area contributed by atoms with Gasteiger partial charge in [0.25, 0.3) is 5.69 Å². The molecule has 0 spiro atoms. The first-order valence-corrected chi connectivity index (χ1v) is 10.7. The average molecular weight is 423 g/mol. The minimum absolute atomic E-state index is 0.0745. The van der Waals surface area contributed by atoms with E-state index in [4.69, 9.17) is 0 Å². The molecule has 1 amide bonds. The second kappa shape index (κ2) is 8.99. The van der Waals surface area contributed by atoms with Crippen molar-refractivity contribution < 1.29 is 22.5 Å². The van der Waals surface area contributed by atoms with Gasteiger partial charge in [-0.05, 0) is 36.6 Å². The van der Waals surface area contributed by atoms with E-state index in [9.17, 15) is 27.7 Å². The van der Waals surface area contributed by atoms with Gasteiger partial charge in [-0.2, -0.15) is 0 Å². The van der Waals surface area contributed by atoms with Crippen molar-refractivity contribution in [3.8, 4) is 0 Å². The van der Waals surface area contributed by atoms with Gasteiger partial charge in [0, 0.05) is 18.7 Å². The van der Waals surface area contributed by atoms with Crippen LogP contribution in [0, 0.1) is 22.9 Å². The molecule has 1 N–H and O–H groups in total. The molecule has 0 radical (unpaired) electrons. The predicted octanol–water partition coefficient (Wildman–Crippen LogP) is 2.90. The molecular formula is C19H22FN3O5S. The van der Waals surface area contributed by atoms with E-state index in [0.717, 1.165) is 16.6 Å². The molecule has 10 heteroatoms. The van der Waals surface area contributed by atoms with Crippen LogP contribution in [-0.4, -0.2) is 31.5 Å². The third-order valence-corrected chi connectivity index (χ3v) is 5.52. The molecule has 0 aliphatic rings. The lowest BCUT2D eigenvalue weighted by Gasteiger charge is -2.31. The number of amides is 1. The standard InChI is InChI=1S/C19H22FN3O5S/c1-4-17(19(24)21-12-14-6-8-15(20)9-7-14)22(29(3,27)28)18-11-16(23(25)26)10-5-13(18)2/h5-11,17H,4,12H2,1-3H3,(H,21,24). The van der Waals surface area contributed by atoms with E-state index >= 15 is 0 Å². The van der Waals surface area contributed by atoms with Gasteiger partial charge in [0.1, 0.15) is 11.9 Å². The summed E-state index contributed by atoms with van der Waals surface area (Å²) in [5, 5.41) is 13.8. The van der Waals surface area contributed by atoms with Crippen LogP contribution in [0.3, 0.4) is 0 Å². The first-order valence-electron chi connectivity index (χ1n) is 8.81. The number of halogens is 1. The van der Waals surface area contributed by atoms with Gasteiger partial charge in [0.05, 0.1) is 16.9 Å². The van der Waals surface area contributed by atoms with Crippen LogP contribution < -0.4 is 9.62 Å². The summed E-state index contributed by atoms with van der Waals surface area (Å²) >= 11 is 0. The zero-order chi connectivity index (χ0) is 21.8. The fourth-order valence-corrected chi connectivity index (χ4v) is 4.15. The molecule has 0 saturated heterocycles. The minimum Gasteiger partial charge on any atom is -0.350 e. The highest BCUT2D eigenvalue weighted by molar-refractivity contribution is 7.92. The predicted molar refractivity (Wildman–Crippen MR) is 107 cm³/mol. The maximum absolute atomic E-state index is 13.0. The molecule has 1 unspecified atom stereocenters. The first kappa shape index (κ1) is 22.3. The Labute approximate surface area is 168 Å². The molecule has 156 valence electrons. The van der Waals surface area contributed by atoms with E-state index in [0.29, 0.717) is 11.1 Å². The van der Waals surface area contributed by atoms with Crippen molar-refractivity contribution in [1.29, 1.82) is 0 Å². The topological polar surface area (TPSA) is 110 Å². The zero-order valence-electron chi connectivity index (χ0n) is 16.3. The number of nitro groups is 1. The van der Waals surface area contributed by atoms with Gasteiger partial charge in [0.2, 0.25) is 15.9 Å². The first-order chi connectivity index (χ1) is 13.5. The number of non-ortho nitro benzene ring substituents is 1. The second-order valence-electron chi connectivity index (χ2n) is 6.56. The van der Waals surface area contributed by atoms with E-state index in [1.165, 1.54) is 36.4 Å². The molecule has 2 aromatic carbocycles. The number of carbonyl (C=O) groups is 1. The normalized spacial score (nSPS) is 12.3. The molecule has 0 saturated carbocycles. The van der Waals surface area contributed by atoms with Crippen LogP contribution in [0.2, 0.25) is 0 Å². The van der Waals surface area contributed by atoms with E-state index in [-0.39, 0.29) is 24.3 Å². The van der Waals surface area contributed by atoms with Crippen LogP contribution in [0.15, 0.2) is 42.5 Å². The number of nitrogens with one attached hydrogen (secondary N) is 1. The fourth-order valence-electron chi connectivity index (χ4n) is 2.89. The van der Waals surface area contributed by atoms with Gasteiger partial charge < -0.3 is 5.32 Å². The Hall–Kier alpha value is -3.01. The zero-order valence-corrected chi connectivity index (χ0v) is 17.1. The smallest absolute Gasteiger partial charge is 0.271 e. The van der Waals surface area contributed by atoms with Crippen LogP contribution in [-0.2, 0) is 21.4 Å². The monoisotopic (exact) mass is 423 g/mol. The molecule has 2 aromatic rings. The summed E-state index contributed by atoms with van der Waals surface area (Å²) in [7, 11) is -3.93. The lowest BCUT2D eigenvalue weighted by atomic mass is 10.1. The van der Waals surface area contributed by atoms with Gasteiger partial charge in [0.15, 0.2) is 0 Å². The highest BCUT2D eigenvalue weighted by atomic mass is 32.2. The fraction of sp³-hybridized carbons (Fsp3) is 0.316. The van der Waals surface area contributed by atoms with E-state index in [1.807, 2.05) is 0 Å². The Morgan fingerprint density at radius 3 is 2.38 bits per heavy atom. The Morgan fingerprint density at radius 1 is 1.24 bits per heavy atom. The van der Waals surface area contributed by atoms with Crippen molar-refractivity contribution in [2.45, 2.75) is 32.9 Å². The van der Waals surface area contributed by atoms with Gasteiger partial charge in [-0.25, -0.2) is 12.8 Å². The lowest BCUT2D eigenvalue weighted by Crippen LogP contribution is -2.49. The number of anilines is 1. The summed E-state index contributed by atoms with van der Waals surface area (Å²) < 4.78 is 39.0. The lowest BCUT2D eigenvalue weighted by molar-refractivity contribution is -0.384. The number of hydrogen-bond acceptors (Lipinski definition) is 5. The molecule has 0 aromatic heterocycles. The molecule has 2 rings (SSSR count). The van der Waals surface area contributed by atoms with Crippen molar-refractivity contribution in [3.63, 3.8) is 0 Å². The number of sulfonamides is 1. The SMILES string of the molecule is CCC(C(=O)NCc1ccc(F)cc1)N(c1cc([N+](=O)[O-])ccc1C)S(C)(=O)=O. The highest BCUT2D eigenvalue weighted by Crippen LogP contribution is 2.30. The summed E-state index contributed by atoms with van der Waals surface area (Å²) in [4.78, 5) is 23.3. The van der Waals surface area contributed by atoms with Crippen molar-refractivity contribution in [2.24, 2.45) is 0 Å². The summed E-state index contributed by atoms with van der Waals surface area (Å²) in [6.45, 7) is 3.34. The molecule has 0 fully saturated rings. The van der Waals surface area contributed by atoms with Crippen LogP contribution in [0.1, 0.15) is 24.5 Å². The van der Waals surface area contributed by atoms with Crippen LogP contribution in [0.4, 0.5) is 15.8 Å². The van der Waals surface area contributed by atoms with Crippen molar-refractivity contribution in [1.82, 2.24) is 5.32 Å². The van der Waals surface area contributed by atoms with Crippen molar-refractivity contribution >= 4 is 27.3 Å². The van der Waals surface area contributed by atoms with Gasteiger partial charge in [-0.3, -0.25) is 19.2 Å². The van der Waals surface area contributed by atoms with Crippen molar-refractivity contribution in [3.05, 3.63) is 69.5 Å². The van der Waals surface area contributed by atoms with E-state index in [2.05, 4.69) is 5.32 Å². The van der Waals surface area contributed by atoms with E-state index in [1.54, 1.807) is 13.8 Å². The molecule has 1 atom stereocenters. The van der Waals surface area contributed by atoms with Crippen LogP contribution >= 0.6 is 0 Å². The molecular weight excluding hydrogens is 401 g/mol. The summed E-state index contributed by atoms with van der Waals surface area (Å²) in [5.41, 5.74) is 0.921. The third-order valence-electron chi connectivity index (χ3n) is 4.35. The minimum atomic E-state index is -3.93. The van der Waals surface area contributed by atoms with Crippen LogP contribution in [0.5, 0.6) is 0 Å². The van der Waals surface area contributed by atoms with E-state index < -0.39 is 32.7 Å². The number of benzene rings is 2. The summed E-state index contributed by atoms with van der Waals surface area (Å²) in [6.07, 6.45) is 1.09. The summed E-state index contributed by atoms with van der Waals surface area (Å²) in [6, 6.07) is 8.29. The largest absolute Gasteiger partial charge is 0.350 e. The average Bonchev–Trinajstić information content (AvgIpc) is 2.65. The maximum atomic E-state index is 13.0. The molecule has 8 nitrogen and oxygen atoms in total. The highest BCUT2D eigenvalue weighted by Gasteiger charge is 2.33. The Morgan fingerprint density at radius 2 is 1.86 bits per heavy atom. The summed E-state index contributed by atoms with van der Waals surface area (Å²) in [5.74, 6) is -0.968. The molecule has 0 heterocycles. The maximum Gasteiger partial charge on any atom is 0.271 e. The number of aryl methyl sites for hydroxylation is 1. The van der Waals surface area contributed by atoms with Crippen LogP contribution in [0.25, 0.3) is 0 Å². The number of nitrogens with zero attached hydrogens (tertiary/aromatic N) is 2. The Balaban J connectivity index is 2.37. The van der Waals surface area contributed by atoms with Gasteiger partial charge in [-0.15, -0.1) is 0 Å². The Bertz CT molecular complexity index is 1010.